The molecule has 0 saturated carbocycles. The van der Waals surface area contributed by atoms with E-state index in [9.17, 15) is 0 Å². The van der Waals surface area contributed by atoms with Crippen molar-refractivity contribution in [2.24, 2.45) is 12.8 Å². The molecule has 0 aliphatic carbocycles. The molecule has 0 spiro atoms. The van der Waals surface area contributed by atoms with Crippen LogP contribution in [-0.2, 0) is 20.1 Å². The molecule has 0 fully saturated rings. The molecule has 114 valence electrons. The molecule has 0 aliphatic rings. The summed E-state index contributed by atoms with van der Waals surface area (Å²) in [5.74, 6) is 0.893. The molecule has 0 radical (unpaired) electrons. The van der Waals surface area contributed by atoms with Crippen LogP contribution in [0.2, 0.25) is 5.02 Å². The Morgan fingerprint density at radius 2 is 2.10 bits per heavy atom. The number of nitrogens with two attached hydrogens (primary N) is 1. The summed E-state index contributed by atoms with van der Waals surface area (Å²) in [5, 5.41) is 4.97. The Balaban J connectivity index is 2.23. The average molecular weight is 308 g/mol. The van der Waals surface area contributed by atoms with E-state index in [0.29, 0.717) is 11.6 Å². The summed E-state index contributed by atoms with van der Waals surface area (Å²) < 4.78 is 7.79. The number of rotatable bonds is 5. The molecule has 1 heterocycles. The number of halogens is 1. The first-order valence-corrected chi connectivity index (χ1v) is 7.42. The molecular weight excluding hydrogens is 286 g/mol. The Morgan fingerprint density at radius 1 is 1.38 bits per heavy atom. The Bertz CT molecular complexity index is 635. The molecule has 2 rings (SSSR count). The number of nitrogens with zero attached hydrogens (tertiary/aromatic N) is 2. The Kier molecular flexibility index (Phi) is 4.91. The van der Waals surface area contributed by atoms with Gasteiger partial charge in [0.15, 0.2) is 0 Å². The second-order valence-corrected chi connectivity index (χ2v) is 5.88. The molecule has 0 aliphatic heterocycles. The second-order valence-electron chi connectivity index (χ2n) is 5.50. The first kappa shape index (κ1) is 15.9. The first-order chi connectivity index (χ1) is 9.90. The van der Waals surface area contributed by atoms with Crippen molar-refractivity contribution in [2.45, 2.75) is 39.8 Å². The highest BCUT2D eigenvalue weighted by atomic mass is 35.5. The molecule has 5 heteroatoms. The zero-order chi connectivity index (χ0) is 15.6. The average Bonchev–Trinajstić information content (AvgIpc) is 2.63. The summed E-state index contributed by atoms with van der Waals surface area (Å²) in [5.41, 5.74) is 9.83. The SMILES string of the molecule is Cc1cccc(CC(C)N)c1OCc1c(Cl)c(C)nn1C. The van der Waals surface area contributed by atoms with Crippen molar-refractivity contribution in [2.75, 3.05) is 0 Å². The fraction of sp³-hybridized carbons (Fsp3) is 0.438. The lowest BCUT2D eigenvalue weighted by Crippen LogP contribution is -2.18. The molecule has 1 atom stereocenters. The molecule has 1 aromatic carbocycles. The Hall–Kier alpha value is -1.52. The maximum Gasteiger partial charge on any atom is 0.131 e. The fourth-order valence-electron chi connectivity index (χ4n) is 2.40. The van der Waals surface area contributed by atoms with Crippen molar-refractivity contribution in [1.82, 2.24) is 9.78 Å². The molecule has 4 nitrogen and oxygen atoms in total. The van der Waals surface area contributed by atoms with Gasteiger partial charge < -0.3 is 10.5 Å². The van der Waals surface area contributed by atoms with Crippen molar-refractivity contribution in [3.8, 4) is 5.75 Å². The normalized spacial score (nSPS) is 12.5. The van der Waals surface area contributed by atoms with Crippen LogP contribution in [0.25, 0.3) is 0 Å². The van der Waals surface area contributed by atoms with E-state index in [-0.39, 0.29) is 6.04 Å². The minimum atomic E-state index is 0.0942. The van der Waals surface area contributed by atoms with Crippen LogP contribution < -0.4 is 10.5 Å². The fourth-order valence-corrected chi connectivity index (χ4v) is 2.62. The second kappa shape index (κ2) is 6.50. The Labute approximate surface area is 130 Å². The molecule has 0 saturated heterocycles. The lowest BCUT2D eigenvalue weighted by Gasteiger charge is -2.15. The van der Waals surface area contributed by atoms with E-state index in [2.05, 4.69) is 11.2 Å². The summed E-state index contributed by atoms with van der Waals surface area (Å²) in [6.45, 7) is 6.32. The number of para-hydroxylation sites is 1. The molecular formula is C16H22ClN3O. The quantitative estimate of drug-likeness (QED) is 0.923. The van der Waals surface area contributed by atoms with E-state index in [1.165, 1.54) is 0 Å². The van der Waals surface area contributed by atoms with Gasteiger partial charge in [-0.05, 0) is 38.3 Å². The highest BCUT2D eigenvalue weighted by Crippen LogP contribution is 2.27. The zero-order valence-electron chi connectivity index (χ0n) is 13.0. The lowest BCUT2D eigenvalue weighted by molar-refractivity contribution is 0.289. The van der Waals surface area contributed by atoms with E-state index in [0.717, 1.165) is 34.7 Å². The minimum absolute atomic E-state index is 0.0942. The van der Waals surface area contributed by atoms with Gasteiger partial charge in [-0.3, -0.25) is 4.68 Å². The maximum absolute atomic E-state index is 6.26. The van der Waals surface area contributed by atoms with E-state index >= 15 is 0 Å². The topological polar surface area (TPSA) is 53.1 Å². The van der Waals surface area contributed by atoms with Gasteiger partial charge in [0.2, 0.25) is 0 Å². The number of aromatic nitrogens is 2. The first-order valence-electron chi connectivity index (χ1n) is 7.05. The highest BCUT2D eigenvalue weighted by Gasteiger charge is 2.14. The van der Waals surface area contributed by atoms with Crippen LogP contribution in [0.3, 0.4) is 0 Å². The summed E-state index contributed by atoms with van der Waals surface area (Å²) >= 11 is 6.26. The maximum atomic E-state index is 6.26. The van der Waals surface area contributed by atoms with E-state index in [4.69, 9.17) is 22.1 Å². The van der Waals surface area contributed by atoms with E-state index in [1.54, 1.807) is 4.68 Å². The zero-order valence-corrected chi connectivity index (χ0v) is 13.7. The minimum Gasteiger partial charge on any atom is -0.487 e. The van der Waals surface area contributed by atoms with E-state index < -0.39 is 0 Å². The summed E-state index contributed by atoms with van der Waals surface area (Å²) in [6.07, 6.45) is 0.787. The monoisotopic (exact) mass is 307 g/mol. The van der Waals surface area contributed by atoms with Crippen molar-refractivity contribution in [1.29, 1.82) is 0 Å². The van der Waals surface area contributed by atoms with Crippen LogP contribution >= 0.6 is 11.6 Å². The predicted octanol–water partition coefficient (Wildman–Crippen LogP) is 3.16. The van der Waals surface area contributed by atoms with Crippen LogP contribution in [0.5, 0.6) is 5.75 Å². The Morgan fingerprint density at radius 3 is 2.67 bits per heavy atom. The number of aryl methyl sites for hydroxylation is 3. The highest BCUT2D eigenvalue weighted by molar-refractivity contribution is 6.31. The molecule has 0 bridgehead atoms. The van der Waals surface area contributed by atoms with Gasteiger partial charge in [0, 0.05) is 13.1 Å². The van der Waals surface area contributed by atoms with Crippen LogP contribution in [0.4, 0.5) is 0 Å². The van der Waals surface area contributed by atoms with Gasteiger partial charge in [-0.15, -0.1) is 0 Å². The van der Waals surface area contributed by atoms with Crippen molar-refractivity contribution >= 4 is 11.6 Å². The van der Waals surface area contributed by atoms with Gasteiger partial charge in [-0.25, -0.2) is 0 Å². The number of hydrogen-bond acceptors (Lipinski definition) is 3. The summed E-state index contributed by atoms with van der Waals surface area (Å²) in [6, 6.07) is 6.22. The van der Waals surface area contributed by atoms with Crippen molar-refractivity contribution in [3.05, 3.63) is 45.7 Å². The predicted molar refractivity (Wildman–Crippen MR) is 85.8 cm³/mol. The molecule has 1 aromatic heterocycles. The van der Waals surface area contributed by atoms with Crippen LogP contribution in [0.1, 0.15) is 29.4 Å². The van der Waals surface area contributed by atoms with Gasteiger partial charge in [0.1, 0.15) is 12.4 Å². The molecule has 2 N–H and O–H groups in total. The van der Waals surface area contributed by atoms with Crippen LogP contribution in [-0.4, -0.2) is 15.8 Å². The number of benzene rings is 1. The molecule has 21 heavy (non-hydrogen) atoms. The van der Waals surface area contributed by atoms with Gasteiger partial charge in [-0.2, -0.15) is 5.10 Å². The van der Waals surface area contributed by atoms with Crippen LogP contribution in [0.15, 0.2) is 18.2 Å². The third-order valence-electron chi connectivity index (χ3n) is 3.45. The van der Waals surface area contributed by atoms with Gasteiger partial charge in [-0.1, -0.05) is 29.8 Å². The van der Waals surface area contributed by atoms with Crippen molar-refractivity contribution in [3.63, 3.8) is 0 Å². The smallest absolute Gasteiger partial charge is 0.131 e. The number of hydrogen-bond donors (Lipinski definition) is 1. The third-order valence-corrected chi connectivity index (χ3v) is 3.94. The van der Waals surface area contributed by atoms with Gasteiger partial charge >= 0.3 is 0 Å². The van der Waals surface area contributed by atoms with Gasteiger partial charge in [0.05, 0.1) is 16.4 Å². The van der Waals surface area contributed by atoms with Crippen LogP contribution in [0, 0.1) is 13.8 Å². The van der Waals surface area contributed by atoms with Gasteiger partial charge in [0.25, 0.3) is 0 Å². The molecule has 2 aromatic rings. The standard InChI is InChI=1S/C16H22ClN3O/c1-10-6-5-7-13(8-11(2)18)16(10)21-9-14-15(17)12(3)19-20(14)4/h5-7,11H,8-9,18H2,1-4H3. The van der Waals surface area contributed by atoms with Crippen molar-refractivity contribution < 1.29 is 4.74 Å². The number of ether oxygens (including phenoxy) is 1. The van der Waals surface area contributed by atoms with E-state index in [1.807, 2.05) is 40.0 Å². The molecule has 0 amide bonds. The summed E-state index contributed by atoms with van der Waals surface area (Å²) in [7, 11) is 1.87. The lowest BCUT2D eigenvalue weighted by atomic mass is 10.0. The third kappa shape index (κ3) is 3.57. The molecule has 1 unspecified atom stereocenters. The largest absolute Gasteiger partial charge is 0.487 e. The summed E-state index contributed by atoms with van der Waals surface area (Å²) in [4.78, 5) is 0.